The molecule has 0 bridgehead atoms. The van der Waals surface area contributed by atoms with Crippen molar-refractivity contribution in [2.45, 2.75) is 98.1 Å². The van der Waals surface area contributed by atoms with Gasteiger partial charge in [-0.1, -0.05) is 20.8 Å². The highest BCUT2D eigenvalue weighted by atomic mass is 16.7. The molecule has 5 rings (SSSR count). The zero-order valence-corrected chi connectivity index (χ0v) is 19.9. The van der Waals surface area contributed by atoms with E-state index in [9.17, 15) is 9.90 Å². The van der Waals surface area contributed by atoms with Crippen molar-refractivity contribution in [1.82, 2.24) is 0 Å². The third kappa shape index (κ3) is 2.81. The van der Waals surface area contributed by atoms with Gasteiger partial charge in [-0.25, -0.2) is 4.79 Å². The van der Waals surface area contributed by atoms with Crippen LogP contribution in [0.15, 0.2) is 6.07 Å². The molecule has 0 saturated heterocycles. The van der Waals surface area contributed by atoms with E-state index >= 15 is 0 Å². The van der Waals surface area contributed by atoms with Crippen LogP contribution in [0, 0.1) is 29.6 Å². The maximum absolute atomic E-state index is 12.8. The van der Waals surface area contributed by atoms with Gasteiger partial charge < -0.3 is 19.3 Å². The molecule has 0 radical (unpaired) electrons. The minimum atomic E-state index is -0.998. The van der Waals surface area contributed by atoms with Crippen LogP contribution < -0.4 is 9.47 Å². The maximum Gasteiger partial charge on any atom is 0.345 e. The first-order chi connectivity index (χ1) is 14.3. The van der Waals surface area contributed by atoms with Gasteiger partial charge in [-0.05, 0) is 74.3 Å². The molecule has 4 aliphatic rings. The first kappa shape index (κ1) is 21.1. The Morgan fingerprint density at radius 2 is 1.68 bits per heavy atom. The lowest BCUT2D eigenvalue weighted by Gasteiger charge is -2.64. The van der Waals surface area contributed by atoms with Crippen LogP contribution >= 0.6 is 0 Å². The summed E-state index contributed by atoms with van der Waals surface area (Å²) in [6, 6.07) is 1.99. The van der Waals surface area contributed by atoms with Gasteiger partial charge in [-0.2, -0.15) is 0 Å². The Morgan fingerprint density at radius 1 is 0.968 bits per heavy atom. The molecule has 2 fully saturated rings. The molecule has 5 nitrogen and oxygen atoms in total. The lowest BCUT2D eigenvalue weighted by Crippen LogP contribution is -2.63. The van der Waals surface area contributed by atoms with Gasteiger partial charge in [0.2, 0.25) is 5.79 Å². The van der Waals surface area contributed by atoms with Crippen molar-refractivity contribution in [3.05, 3.63) is 22.8 Å². The van der Waals surface area contributed by atoms with Crippen molar-refractivity contribution in [3.8, 4) is 11.5 Å². The smallest absolute Gasteiger partial charge is 0.345 e. The third-order valence-electron chi connectivity index (χ3n) is 9.15. The normalized spacial score (nSPS) is 39.6. The highest BCUT2D eigenvalue weighted by molar-refractivity contribution is 5.96. The van der Waals surface area contributed by atoms with E-state index in [1.807, 2.05) is 13.0 Å². The van der Waals surface area contributed by atoms with Crippen LogP contribution in [0.5, 0.6) is 11.5 Å². The van der Waals surface area contributed by atoms with Gasteiger partial charge in [-0.15, -0.1) is 0 Å². The molecule has 2 aliphatic carbocycles. The van der Waals surface area contributed by atoms with Crippen LogP contribution in [-0.2, 0) is 11.2 Å². The van der Waals surface area contributed by atoms with E-state index in [0.717, 1.165) is 49.0 Å². The monoisotopic (exact) mass is 428 g/mol. The van der Waals surface area contributed by atoms with E-state index in [-0.39, 0.29) is 34.4 Å². The largest absolute Gasteiger partial charge is 0.487 e. The molecule has 1 aromatic rings. The number of esters is 1. The SMILES string of the molecule is Cc1cc2c(c3c1C(=O)OC(C)(C)O3)CC1[C@@]3(C)CC[C@H](O)C(C)(C)C3CC[C@@]1(C)O2. The predicted molar refractivity (Wildman–Crippen MR) is 117 cm³/mol. The van der Waals surface area contributed by atoms with E-state index in [0.29, 0.717) is 17.2 Å². The predicted octanol–water partition coefficient (Wildman–Crippen LogP) is 5.19. The zero-order valence-electron chi connectivity index (χ0n) is 19.9. The number of cyclic esters (lactones) is 1. The Kier molecular flexibility index (Phi) is 4.21. The molecule has 5 heteroatoms. The fourth-order valence-corrected chi connectivity index (χ4v) is 7.51. The fraction of sp³-hybridized carbons (Fsp3) is 0.731. The number of benzene rings is 1. The Labute approximate surface area is 185 Å². The Balaban J connectivity index is 1.64. The topological polar surface area (TPSA) is 65.0 Å². The molecule has 170 valence electrons. The molecule has 31 heavy (non-hydrogen) atoms. The summed E-state index contributed by atoms with van der Waals surface area (Å²) in [7, 11) is 0. The summed E-state index contributed by atoms with van der Waals surface area (Å²) < 4.78 is 18.5. The summed E-state index contributed by atoms with van der Waals surface area (Å²) in [5, 5.41) is 10.8. The second kappa shape index (κ2) is 6.18. The van der Waals surface area contributed by atoms with Gasteiger partial charge >= 0.3 is 5.97 Å². The molecule has 2 heterocycles. The Morgan fingerprint density at radius 3 is 2.39 bits per heavy atom. The summed E-state index contributed by atoms with van der Waals surface area (Å²) in [6.07, 6.45) is 4.39. The molecular weight excluding hydrogens is 392 g/mol. The minimum absolute atomic E-state index is 0.0515. The summed E-state index contributed by atoms with van der Waals surface area (Å²) in [6.45, 7) is 14.6. The molecule has 1 N–H and O–H groups in total. The van der Waals surface area contributed by atoms with Crippen LogP contribution in [0.2, 0.25) is 0 Å². The third-order valence-corrected chi connectivity index (χ3v) is 9.15. The van der Waals surface area contributed by atoms with Crippen molar-refractivity contribution < 1.29 is 24.1 Å². The molecular formula is C26H36O5. The number of hydrogen-bond donors (Lipinski definition) is 1. The number of aliphatic hydroxyl groups is 1. The van der Waals surface area contributed by atoms with Gasteiger partial charge in [0.05, 0.1) is 6.10 Å². The quantitative estimate of drug-likeness (QED) is 0.576. The first-order valence-electron chi connectivity index (χ1n) is 11.7. The number of fused-ring (bicyclic) bond motifs is 6. The summed E-state index contributed by atoms with van der Waals surface area (Å²) >= 11 is 0. The van der Waals surface area contributed by atoms with Gasteiger partial charge in [0.15, 0.2) is 0 Å². The van der Waals surface area contributed by atoms with E-state index in [1.54, 1.807) is 13.8 Å². The highest BCUT2D eigenvalue weighted by Crippen LogP contribution is 2.65. The van der Waals surface area contributed by atoms with Crippen LogP contribution in [0.1, 0.15) is 88.7 Å². The minimum Gasteiger partial charge on any atom is -0.487 e. The number of rotatable bonds is 0. The molecule has 2 aliphatic heterocycles. The van der Waals surface area contributed by atoms with Gasteiger partial charge in [-0.3, -0.25) is 0 Å². The number of ether oxygens (including phenoxy) is 3. The lowest BCUT2D eigenvalue weighted by molar-refractivity contribution is -0.192. The van der Waals surface area contributed by atoms with Crippen molar-refractivity contribution in [3.63, 3.8) is 0 Å². The standard InChI is InChI=1S/C26H36O5/c1-14-12-16-15(21-20(14)22(28)31-24(4,5)30-21)13-18-25(6)10-9-19(27)23(2,3)17(25)8-11-26(18,7)29-16/h12,17-19,27H,8-11,13H2,1-7H3/t17?,18?,19-,25-,26+/m0/s1. The molecule has 1 aromatic carbocycles. The number of aryl methyl sites for hydroxylation is 1. The average molecular weight is 429 g/mol. The number of carbonyl (C=O) groups is 1. The number of aliphatic hydroxyl groups excluding tert-OH is 1. The summed E-state index contributed by atoms with van der Waals surface area (Å²) in [4.78, 5) is 12.8. The fourth-order valence-electron chi connectivity index (χ4n) is 7.51. The van der Waals surface area contributed by atoms with E-state index in [1.165, 1.54) is 0 Å². The van der Waals surface area contributed by atoms with E-state index in [4.69, 9.17) is 14.2 Å². The molecule has 2 saturated carbocycles. The molecule has 0 aromatic heterocycles. The molecule has 5 atom stereocenters. The maximum atomic E-state index is 12.8. The second-order valence-corrected chi connectivity index (χ2v) is 11.9. The zero-order chi connectivity index (χ0) is 22.6. The lowest BCUT2D eigenvalue weighted by atomic mass is 9.44. The number of carbonyl (C=O) groups excluding carboxylic acids is 1. The second-order valence-electron chi connectivity index (χ2n) is 11.9. The first-order valence-corrected chi connectivity index (χ1v) is 11.7. The van der Waals surface area contributed by atoms with Crippen LogP contribution in [0.25, 0.3) is 0 Å². The molecule has 0 amide bonds. The van der Waals surface area contributed by atoms with Crippen molar-refractivity contribution in [2.75, 3.05) is 0 Å². The van der Waals surface area contributed by atoms with Crippen molar-refractivity contribution in [2.24, 2.45) is 22.7 Å². The van der Waals surface area contributed by atoms with E-state index < -0.39 is 5.79 Å². The van der Waals surface area contributed by atoms with E-state index in [2.05, 4.69) is 27.7 Å². The molecule has 2 unspecified atom stereocenters. The summed E-state index contributed by atoms with van der Waals surface area (Å²) in [5.74, 6) is 0.874. The van der Waals surface area contributed by atoms with Gasteiger partial charge in [0, 0.05) is 25.3 Å². The molecule has 0 spiro atoms. The van der Waals surface area contributed by atoms with Crippen LogP contribution in [-0.4, -0.2) is 28.6 Å². The van der Waals surface area contributed by atoms with Gasteiger partial charge in [0.25, 0.3) is 0 Å². The van der Waals surface area contributed by atoms with Crippen LogP contribution in [0.4, 0.5) is 0 Å². The van der Waals surface area contributed by atoms with Gasteiger partial charge in [0.1, 0.15) is 22.7 Å². The van der Waals surface area contributed by atoms with Crippen LogP contribution in [0.3, 0.4) is 0 Å². The Hall–Kier alpha value is -1.75. The van der Waals surface area contributed by atoms with Crippen molar-refractivity contribution in [1.29, 1.82) is 0 Å². The average Bonchev–Trinajstić information content (AvgIpc) is 2.62. The van der Waals surface area contributed by atoms with Crippen molar-refractivity contribution >= 4 is 5.97 Å². The Bertz CT molecular complexity index is 963. The summed E-state index contributed by atoms with van der Waals surface area (Å²) in [5.41, 5.74) is 2.03. The number of hydrogen-bond acceptors (Lipinski definition) is 5. The highest BCUT2D eigenvalue weighted by Gasteiger charge is 2.62.